The van der Waals surface area contributed by atoms with E-state index in [2.05, 4.69) is 39.5 Å². The third-order valence-corrected chi connectivity index (χ3v) is 7.25. The molecule has 3 N–H and O–H groups in total. The lowest BCUT2D eigenvalue weighted by Gasteiger charge is -2.31. The number of anilines is 2. The van der Waals surface area contributed by atoms with Crippen molar-refractivity contribution < 1.29 is 4.79 Å². The molecule has 0 radical (unpaired) electrons. The number of benzene rings is 3. The minimum Gasteiger partial charge on any atom is -0.398 e. The fraction of sp³-hybridized carbons (Fsp3) is 0.267. The van der Waals surface area contributed by atoms with Crippen LogP contribution in [0.5, 0.6) is 0 Å². The second-order valence-electron chi connectivity index (χ2n) is 9.68. The second kappa shape index (κ2) is 9.16. The van der Waals surface area contributed by atoms with E-state index in [9.17, 15) is 4.79 Å². The summed E-state index contributed by atoms with van der Waals surface area (Å²) in [5.41, 5.74) is 13.1. The van der Waals surface area contributed by atoms with Gasteiger partial charge in [-0.15, -0.1) is 0 Å². The van der Waals surface area contributed by atoms with E-state index in [1.54, 1.807) is 0 Å². The maximum atomic E-state index is 13.3. The van der Waals surface area contributed by atoms with Crippen molar-refractivity contribution in [3.05, 3.63) is 89.7 Å². The number of pyridine rings is 1. The smallest absolute Gasteiger partial charge is 0.185 e. The molecule has 0 spiro atoms. The standard InChI is InChI=1S/C30H30N4O/c31-26-10-8-22(20-4-2-1-3-5-20)16-24(26)18-29(35)27-17-23-9-11-28(34-14-12-32-13-15-34)30(21-6-7-21)25(23)19-33-27/h1-5,8-11,16-17,19,21,32H,6-7,12-15,18,31H2. The van der Waals surface area contributed by atoms with Gasteiger partial charge in [0.1, 0.15) is 5.69 Å². The highest BCUT2D eigenvalue weighted by Crippen LogP contribution is 2.47. The van der Waals surface area contributed by atoms with Gasteiger partial charge in [-0.2, -0.15) is 0 Å². The molecule has 1 saturated carbocycles. The number of hydrogen-bond acceptors (Lipinski definition) is 5. The summed E-state index contributed by atoms with van der Waals surface area (Å²) in [5.74, 6) is 0.593. The molecular weight excluding hydrogens is 432 g/mol. The minimum atomic E-state index is -0.0111. The van der Waals surface area contributed by atoms with Crippen molar-refractivity contribution in [3.63, 3.8) is 0 Å². The summed E-state index contributed by atoms with van der Waals surface area (Å²) in [6.45, 7) is 4.09. The van der Waals surface area contributed by atoms with E-state index in [0.717, 1.165) is 48.3 Å². The van der Waals surface area contributed by atoms with Crippen LogP contribution >= 0.6 is 0 Å². The molecule has 176 valence electrons. The van der Waals surface area contributed by atoms with Gasteiger partial charge in [-0.25, -0.2) is 0 Å². The molecule has 3 aromatic carbocycles. The van der Waals surface area contributed by atoms with Crippen molar-refractivity contribution in [2.24, 2.45) is 0 Å². The van der Waals surface area contributed by atoms with Gasteiger partial charge in [0.25, 0.3) is 0 Å². The van der Waals surface area contributed by atoms with Crippen molar-refractivity contribution in [2.75, 3.05) is 36.8 Å². The van der Waals surface area contributed by atoms with E-state index in [1.165, 1.54) is 29.5 Å². The van der Waals surface area contributed by atoms with Crippen LogP contribution in [0, 0.1) is 0 Å². The number of nitrogens with two attached hydrogens (primary N) is 1. The van der Waals surface area contributed by atoms with Gasteiger partial charge in [-0.1, -0.05) is 42.5 Å². The highest BCUT2D eigenvalue weighted by molar-refractivity contribution is 6.01. The zero-order valence-corrected chi connectivity index (χ0v) is 19.8. The molecular formula is C30H30N4O. The van der Waals surface area contributed by atoms with E-state index in [1.807, 2.05) is 48.7 Å². The van der Waals surface area contributed by atoms with Crippen LogP contribution in [0.25, 0.3) is 21.9 Å². The molecule has 1 aliphatic heterocycles. The quantitative estimate of drug-likeness (QED) is 0.305. The van der Waals surface area contributed by atoms with Crippen LogP contribution in [0.2, 0.25) is 0 Å². The number of nitrogens with zero attached hydrogens (tertiary/aromatic N) is 2. The minimum absolute atomic E-state index is 0.0111. The fourth-order valence-electron chi connectivity index (χ4n) is 5.20. The summed E-state index contributed by atoms with van der Waals surface area (Å²) in [4.78, 5) is 20.4. The molecule has 35 heavy (non-hydrogen) atoms. The number of carbonyl (C=O) groups is 1. The Morgan fingerprint density at radius 3 is 2.54 bits per heavy atom. The van der Waals surface area contributed by atoms with Gasteiger partial charge in [0.2, 0.25) is 0 Å². The third kappa shape index (κ3) is 4.40. The number of fused-ring (bicyclic) bond motifs is 1. The summed E-state index contributed by atoms with van der Waals surface area (Å²) < 4.78 is 0. The van der Waals surface area contributed by atoms with Gasteiger partial charge < -0.3 is 16.0 Å². The molecule has 0 atom stereocenters. The van der Waals surface area contributed by atoms with Gasteiger partial charge in [-0.05, 0) is 70.7 Å². The molecule has 4 aromatic rings. The lowest BCUT2D eigenvalue weighted by atomic mass is 9.96. The van der Waals surface area contributed by atoms with Crippen molar-refractivity contribution in [1.29, 1.82) is 0 Å². The fourth-order valence-corrected chi connectivity index (χ4v) is 5.20. The Balaban J connectivity index is 1.30. The SMILES string of the molecule is Nc1ccc(-c2ccccc2)cc1CC(=O)c1cc2ccc(N3CCNCC3)c(C3CC3)c2cn1. The van der Waals surface area contributed by atoms with Gasteiger partial charge in [-0.3, -0.25) is 9.78 Å². The first kappa shape index (κ1) is 21.8. The number of carbonyl (C=O) groups excluding carboxylic acids is 1. The summed E-state index contributed by atoms with van der Waals surface area (Å²) >= 11 is 0. The van der Waals surface area contributed by atoms with E-state index in [-0.39, 0.29) is 12.2 Å². The van der Waals surface area contributed by atoms with Crippen LogP contribution < -0.4 is 16.0 Å². The Hall–Kier alpha value is -3.70. The highest BCUT2D eigenvalue weighted by Gasteiger charge is 2.30. The first-order chi connectivity index (χ1) is 17.2. The largest absolute Gasteiger partial charge is 0.398 e. The van der Waals surface area contributed by atoms with Crippen LogP contribution in [0.3, 0.4) is 0 Å². The molecule has 1 saturated heterocycles. The summed E-state index contributed by atoms with van der Waals surface area (Å²) in [6.07, 6.45) is 4.62. The molecule has 0 amide bonds. The van der Waals surface area contributed by atoms with Gasteiger partial charge >= 0.3 is 0 Å². The van der Waals surface area contributed by atoms with E-state index in [0.29, 0.717) is 17.3 Å². The summed E-state index contributed by atoms with van der Waals surface area (Å²) in [7, 11) is 0. The van der Waals surface area contributed by atoms with Gasteiger partial charge in [0.15, 0.2) is 5.78 Å². The van der Waals surface area contributed by atoms with Crippen molar-refractivity contribution in [1.82, 2.24) is 10.3 Å². The summed E-state index contributed by atoms with van der Waals surface area (Å²) in [5, 5.41) is 5.72. The molecule has 6 rings (SSSR count). The number of ketones is 1. The Bertz CT molecular complexity index is 1390. The van der Waals surface area contributed by atoms with Crippen LogP contribution in [0.4, 0.5) is 11.4 Å². The van der Waals surface area contributed by atoms with Crippen molar-refractivity contribution in [3.8, 4) is 11.1 Å². The maximum Gasteiger partial charge on any atom is 0.185 e. The molecule has 5 heteroatoms. The van der Waals surface area contributed by atoms with Crippen LogP contribution in [0.1, 0.15) is 40.4 Å². The molecule has 0 unspecified atom stereocenters. The first-order valence-electron chi connectivity index (χ1n) is 12.5. The number of nitrogens with one attached hydrogen (secondary N) is 1. The zero-order valence-electron chi connectivity index (χ0n) is 19.8. The Labute approximate surface area is 206 Å². The number of aromatic nitrogens is 1. The Morgan fingerprint density at radius 1 is 0.971 bits per heavy atom. The number of nitrogen functional groups attached to an aromatic ring is 1. The van der Waals surface area contributed by atoms with E-state index < -0.39 is 0 Å². The van der Waals surface area contributed by atoms with Crippen molar-refractivity contribution >= 4 is 27.9 Å². The van der Waals surface area contributed by atoms with Crippen LogP contribution in [0.15, 0.2) is 72.9 Å². The van der Waals surface area contributed by atoms with Crippen LogP contribution in [-0.2, 0) is 6.42 Å². The predicted octanol–water partition coefficient (Wildman–Crippen LogP) is 5.20. The number of Topliss-reactive ketones (excluding diaryl/α,β-unsaturated/α-hetero) is 1. The molecule has 1 aromatic heterocycles. The maximum absolute atomic E-state index is 13.3. The van der Waals surface area contributed by atoms with E-state index in [4.69, 9.17) is 5.73 Å². The highest BCUT2D eigenvalue weighted by atomic mass is 16.1. The average molecular weight is 463 g/mol. The van der Waals surface area contributed by atoms with E-state index >= 15 is 0 Å². The zero-order chi connectivity index (χ0) is 23.8. The number of piperazine rings is 1. The monoisotopic (exact) mass is 462 g/mol. The third-order valence-electron chi connectivity index (χ3n) is 7.25. The van der Waals surface area contributed by atoms with Gasteiger partial charge in [0.05, 0.1) is 0 Å². The average Bonchev–Trinajstić information content (AvgIpc) is 3.75. The Kier molecular flexibility index (Phi) is 5.71. The normalized spacial score (nSPS) is 15.9. The molecule has 2 heterocycles. The molecule has 2 aliphatic rings. The first-order valence-corrected chi connectivity index (χ1v) is 12.5. The molecule has 5 nitrogen and oxygen atoms in total. The molecule has 1 aliphatic carbocycles. The Morgan fingerprint density at radius 2 is 1.77 bits per heavy atom. The number of rotatable bonds is 6. The molecule has 0 bridgehead atoms. The topological polar surface area (TPSA) is 71.2 Å². The van der Waals surface area contributed by atoms with Crippen LogP contribution in [-0.4, -0.2) is 36.9 Å². The van der Waals surface area contributed by atoms with Gasteiger partial charge in [0, 0.05) is 55.6 Å². The summed E-state index contributed by atoms with van der Waals surface area (Å²) in [6, 6.07) is 22.4. The molecule has 2 fully saturated rings. The lowest BCUT2D eigenvalue weighted by molar-refractivity contribution is 0.0988. The predicted molar refractivity (Wildman–Crippen MR) is 143 cm³/mol. The van der Waals surface area contributed by atoms with Crippen molar-refractivity contribution in [2.45, 2.75) is 25.2 Å². The lowest BCUT2D eigenvalue weighted by Crippen LogP contribution is -2.43. The number of hydrogen-bond donors (Lipinski definition) is 2. The second-order valence-corrected chi connectivity index (χ2v) is 9.68.